The fourth-order valence-electron chi connectivity index (χ4n) is 2.79. The van der Waals surface area contributed by atoms with Crippen molar-refractivity contribution in [3.05, 3.63) is 90.3 Å². The van der Waals surface area contributed by atoms with Crippen molar-refractivity contribution in [1.82, 2.24) is 9.97 Å². The van der Waals surface area contributed by atoms with Crippen LogP contribution >= 0.6 is 0 Å². The van der Waals surface area contributed by atoms with Crippen molar-refractivity contribution in [2.24, 2.45) is 0 Å². The van der Waals surface area contributed by atoms with Crippen LogP contribution in [0.5, 0.6) is 17.4 Å². The average molecular weight is 378 g/mol. The normalized spacial score (nSPS) is 10.8. The van der Waals surface area contributed by atoms with Crippen LogP contribution in [-0.2, 0) is 6.42 Å². The third-order valence-corrected chi connectivity index (χ3v) is 4.20. The van der Waals surface area contributed by atoms with Crippen LogP contribution in [0.1, 0.15) is 5.56 Å². The number of rotatable bonds is 6. The van der Waals surface area contributed by atoms with E-state index in [1.54, 1.807) is 42.5 Å². The molecule has 4 aromatic rings. The monoisotopic (exact) mass is 378 g/mol. The Bertz CT molecular complexity index is 1100. The second kappa shape index (κ2) is 8.00. The van der Waals surface area contributed by atoms with E-state index >= 15 is 0 Å². The van der Waals surface area contributed by atoms with Gasteiger partial charge in [-0.3, -0.25) is 0 Å². The van der Waals surface area contributed by atoms with E-state index in [1.165, 1.54) is 18.5 Å². The van der Waals surface area contributed by atoms with Crippen molar-refractivity contribution in [3.8, 4) is 17.4 Å². The first-order valence-corrected chi connectivity index (χ1v) is 8.74. The second-order valence-electron chi connectivity index (χ2n) is 6.09. The summed E-state index contributed by atoms with van der Waals surface area (Å²) in [5.41, 5.74) is 1.26. The highest BCUT2D eigenvalue weighted by Crippen LogP contribution is 2.25. The molecule has 0 radical (unpaired) electrons. The Balaban J connectivity index is 1.38. The zero-order valence-electron chi connectivity index (χ0n) is 14.8. The van der Waals surface area contributed by atoms with Gasteiger partial charge in [-0.15, -0.1) is 0 Å². The van der Waals surface area contributed by atoms with Crippen molar-refractivity contribution in [2.45, 2.75) is 6.42 Å². The molecular formula is C22H16F2N2O2. The second-order valence-corrected chi connectivity index (χ2v) is 6.09. The number of hydrogen-bond acceptors (Lipinski definition) is 4. The van der Waals surface area contributed by atoms with E-state index in [4.69, 9.17) is 9.47 Å². The van der Waals surface area contributed by atoms with Gasteiger partial charge in [0.25, 0.3) is 0 Å². The molecule has 28 heavy (non-hydrogen) atoms. The largest absolute Gasteiger partial charge is 0.477 e. The number of fused-ring (bicyclic) bond motifs is 1. The van der Waals surface area contributed by atoms with Gasteiger partial charge in [0.15, 0.2) is 11.6 Å². The molecule has 0 amide bonds. The Morgan fingerprint density at radius 1 is 0.786 bits per heavy atom. The number of hydrogen-bond donors (Lipinski definition) is 0. The molecule has 6 heteroatoms. The molecule has 0 aliphatic heterocycles. The number of nitrogens with zero attached hydrogens (tertiary/aromatic N) is 2. The third-order valence-electron chi connectivity index (χ3n) is 4.20. The van der Waals surface area contributed by atoms with Crippen LogP contribution in [0.4, 0.5) is 8.78 Å². The highest BCUT2D eigenvalue weighted by molar-refractivity contribution is 5.83. The summed E-state index contributed by atoms with van der Waals surface area (Å²) in [6.45, 7) is 0.371. The molecule has 0 bridgehead atoms. The fraction of sp³-hybridized carbons (Fsp3) is 0.0909. The van der Waals surface area contributed by atoms with Crippen molar-refractivity contribution < 1.29 is 18.3 Å². The lowest BCUT2D eigenvalue weighted by Gasteiger charge is -2.09. The Kier molecular flexibility index (Phi) is 5.10. The summed E-state index contributed by atoms with van der Waals surface area (Å²) in [5, 5.41) is 0.538. The molecule has 0 fully saturated rings. The van der Waals surface area contributed by atoms with Gasteiger partial charge in [0, 0.05) is 6.42 Å². The van der Waals surface area contributed by atoms with Gasteiger partial charge in [0.1, 0.15) is 23.4 Å². The van der Waals surface area contributed by atoms with Crippen LogP contribution in [0.25, 0.3) is 10.9 Å². The van der Waals surface area contributed by atoms with Gasteiger partial charge in [0.2, 0.25) is 5.88 Å². The zero-order valence-corrected chi connectivity index (χ0v) is 14.8. The lowest BCUT2D eigenvalue weighted by Crippen LogP contribution is -2.04. The highest BCUT2D eigenvalue weighted by Gasteiger charge is 2.08. The summed E-state index contributed by atoms with van der Waals surface area (Å²) in [4.78, 5) is 8.04. The predicted molar refractivity (Wildman–Crippen MR) is 102 cm³/mol. The summed E-state index contributed by atoms with van der Waals surface area (Å²) in [6.07, 6.45) is 1.91. The van der Waals surface area contributed by atoms with Crippen LogP contribution < -0.4 is 9.47 Å². The topological polar surface area (TPSA) is 44.2 Å². The van der Waals surface area contributed by atoms with Crippen LogP contribution in [0.2, 0.25) is 0 Å². The molecule has 1 heterocycles. The first-order chi connectivity index (χ1) is 13.7. The Morgan fingerprint density at radius 3 is 2.39 bits per heavy atom. The maximum absolute atomic E-state index is 13.8. The SMILES string of the molecule is Fc1ccccc1Oc1ccc(CCOc2ncnc3c(F)cccc23)cc1. The van der Waals surface area contributed by atoms with Gasteiger partial charge in [-0.2, -0.15) is 0 Å². The summed E-state index contributed by atoms with van der Waals surface area (Å²) < 4.78 is 38.7. The van der Waals surface area contributed by atoms with Gasteiger partial charge < -0.3 is 9.47 Å². The highest BCUT2D eigenvalue weighted by atomic mass is 19.1. The maximum Gasteiger partial charge on any atom is 0.224 e. The van der Waals surface area contributed by atoms with Crippen LogP contribution in [0.3, 0.4) is 0 Å². The fourth-order valence-corrected chi connectivity index (χ4v) is 2.79. The molecule has 4 nitrogen and oxygen atoms in total. The van der Waals surface area contributed by atoms with Crippen molar-refractivity contribution in [1.29, 1.82) is 0 Å². The van der Waals surface area contributed by atoms with E-state index in [2.05, 4.69) is 9.97 Å². The Hall–Kier alpha value is -3.54. The predicted octanol–water partition coefficient (Wildman–Crippen LogP) is 5.32. The molecule has 0 N–H and O–H groups in total. The molecule has 140 valence electrons. The van der Waals surface area contributed by atoms with E-state index in [1.807, 2.05) is 12.1 Å². The summed E-state index contributed by atoms with van der Waals surface area (Å²) in [5.74, 6) is 0.265. The first kappa shape index (κ1) is 17.9. The Labute approximate surface area is 160 Å². The minimum atomic E-state index is -0.409. The molecule has 4 rings (SSSR count). The molecule has 0 spiro atoms. The molecular weight excluding hydrogens is 362 g/mol. The first-order valence-electron chi connectivity index (χ1n) is 8.74. The van der Waals surface area contributed by atoms with Crippen molar-refractivity contribution in [3.63, 3.8) is 0 Å². The van der Waals surface area contributed by atoms with E-state index in [0.717, 1.165) is 5.56 Å². The van der Waals surface area contributed by atoms with Crippen molar-refractivity contribution >= 4 is 10.9 Å². The van der Waals surface area contributed by atoms with Gasteiger partial charge >= 0.3 is 0 Å². The molecule has 0 saturated carbocycles. The molecule has 0 aliphatic carbocycles. The molecule has 3 aromatic carbocycles. The minimum Gasteiger partial charge on any atom is -0.477 e. The molecule has 0 saturated heterocycles. The van der Waals surface area contributed by atoms with Gasteiger partial charge in [-0.05, 0) is 42.0 Å². The standard InChI is InChI=1S/C22H16F2N2O2/c23-18-5-1-2-7-20(18)28-16-10-8-15(9-11-16)12-13-27-22-17-4-3-6-19(24)21(17)25-14-26-22/h1-11,14H,12-13H2. The van der Waals surface area contributed by atoms with E-state index in [0.29, 0.717) is 30.0 Å². The zero-order chi connectivity index (χ0) is 19.3. The smallest absolute Gasteiger partial charge is 0.224 e. The molecule has 0 unspecified atom stereocenters. The lowest BCUT2D eigenvalue weighted by molar-refractivity contribution is 0.313. The summed E-state index contributed by atoms with van der Waals surface area (Å²) in [6, 6.07) is 18.3. The van der Waals surface area contributed by atoms with Crippen LogP contribution in [-0.4, -0.2) is 16.6 Å². The number of aromatic nitrogens is 2. The third kappa shape index (κ3) is 3.91. The molecule has 1 aromatic heterocycles. The van der Waals surface area contributed by atoms with E-state index in [-0.39, 0.29) is 11.3 Å². The van der Waals surface area contributed by atoms with Crippen molar-refractivity contribution in [2.75, 3.05) is 6.61 Å². The lowest BCUT2D eigenvalue weighted by atomic mass is 10.1. The minimum absolute atomic E-state index is 0.182. The number of para-hydroxylation sites is 2. The van der Waals surface area contributed by atoms with E-state index in [9.17, 15) is 8.78 Å². The Morgan fingerprint density at radius 2 is 1.57 bits per heavy atom. The summed E-state index contributed by atoms with van der Waals surface area (Å²) in [7, 11) is 0. The van der Waals surface area contributed by atoms with Crippen LogP contribution in [0, 0.1) is 11.6 Å². The molecule has 0 atom stereocenters. The maximum atomic E-state index is 13.8. The number of benzene rings is 3. The number of ether oxygens (including phenoxy) is 2. The van der Waals surface area contributed by atoms with Gasteiger partial charge in [0.05, 0.1) is 12.0 Å². The van der Waals surface area contributed by atoms with Crippen LogP contribution in [0.15, 0.2) is 73.1 Å². The quantitative estimate of drug-likeness (QED) is 0.455. The van der Waals surface area contributed by atoms with Gasteiger partial charge in [-0.1, -0.05) is 30.3 Å². The van der Waals surface area contributed by atoms with E-state index < -0.39 is 11.6 Å². The number of halogens is 2. The summed E-state index contributed by atoms with van der Waals surface area (Å²) >= 11 is 0. The molecule has 0 aliphatic rings. The average Bonchev–Trinajstić information content (AvgIpc) is 2.72. The van der Waals surface area contributed by atoms with Gasteiger partial charge in [-0.25, -0.2) is 18.7 Å².